The largest absolute Gasteiger partial charge is 0.493 e. The molecule has 0 aliphatic heterocycles. The quantitative estimate of drug-likeness (QED) is 0.863. The molecule has 0 heterocycles. The van der Waals surface area contributed by atoms with Crippen LogP contribution in [-0.2, 0) is 11.2 Å². The molecule has 6 heteroatoms. The van der Waals surface area contributed by atoms with Gasteiger partial charge in [-0.2, -0.15) is 0 Å². The molecule has 0 radical (unpaired) electrons. The molecule has 0 bridgehead atoms. The zero-order valence-electron chi connectivity index (χ0n) is 9.42. The van der Waals surface area contributed by atoms with Crippen molar-refractivity contribution in [3.8, 4) is 11.5 Å². The maximum Gasteiger partial charge on any atom is 0.303 e. The van der Waals surface area contributed by atoms with Crippen LogP contribution in [-0.4, -0.2) is 25.3 Å². The Morgan fingerprint density at radius 3 is 2.47 bits per heavy atom. The molecule has 0 aromatic heterocycles. The van der Waals surface area contributed by atoms with Crippen LogP contribution < -0.4 is 9.47 Å². The number of benzene rings is 1. The van der Waals surface area contributed by atoms with Crippen molar-refractivity contribution < 1.29 is 28.2 Å². The number of hydrogen-bond donors (Lipinski definition) is 1. The van der Waals surface area contributed by atoms with E-state index in [1.165, 1.54) is 14.2 Å². The number of aliphatic carboxylic acids is 1. The number of carboxylic acids is 1. The highest BCUT2D eigenvalue weighted by atomic mass is 19.2. The number of ether oxygens (including phenoxy) is 2. The fraction of sp³-hybridized carbons (Fsp3) is 0.364. The average molecular weight is 246 g/mol. The summed E-state index contributed by atoms with van der Waals surface area (Å²) < 4.78 is 36.5. The monoisotopic (exact) mass is 246 g/mol. The average Bonchev–Trinajstić information content (AvgIpc) is 2.29. The Hall–Kier alpha value is -1.85. The molecule has 0 aliphatic carbocycles. The molecule has 1 aromatic carbocycles. The lowest BCUT2D eigenvalue weighted by Crippen LogP contribution is -2.05. The van der Waals surface area contributed by atoms with E-state index < -0.39 is 17.6 Å². The predicted molar refractivity (Wildman–Crippen MR) is 55.4 cm³/mol. The summed E-state index contributed by atoms with van der Waals surface area (Å²) in [6.07, 6.45) is -0.488. The highest BCUT2D eigenvalue weighted by Gasteiger charge is 2.20. The van der Waals surface area contributed by atoms with E-state index in [1.807, 2.05) is 0 Å². The van der Waals surface area contributed by atoms with Crippen molar-refractivity contribution in [2.75, 3.05) is 14.2 Å². The zero-order valence-corrected chi connectivity index (χ0v) is 9.42. The predicted octanol–water partition coefficient (Wildman–Crippen LogP) is 2.00. The summed E-state index contributed by atoms with van der Waals surface area (Å²) >= 11 is 0. The van der Waals surface area contributed by atoms with Crippen molar-refractivity contribution in [2.24, 2.45) is 0 Å². The molecule has 0 atom stereocenters. The van der Waals surface area contributed by atoms with Crippen molar-refractivity contribution in [2.45, 2.75) is 12.8 Å². The first-order valence-corrected chi connectivity index (χ1v) is 4.81. The first-order valence-electron chi connectivity index (χ1n) is 4.81. The SMILES string of the molecule is COc1cc(F)c(F)c(CCC(=O)O)c1OC. The normalized spacial score (nSPS) is 10.1. The molecule has 0 aliphatic rings. The van der Waals surface area contributed by atoms with E-state index in [0.717, 1.165) is 6.07 Å². The van der Waals surface area contributed by atoms with E-state index >= 15 is 0 Å². The van der Waals surface area contributed by atoms with E-state index in [4.69, 9.17) is 14.6 Å². The third kappa shape index (κ3) is 2.83. The van der Waals surface area contributed by atoms with Gasteiger partial charge in [0.15, 0.2) is 23.1 Å². The highest BCUT2D eigenvalue weighted by Crippen LogP contribution is 2.35. The molecule has 0 spiro atoms. The summed E-state index contributed by atoms with van der Waals surface area (Å²) in [5.41, 5.74) is -0.133. The third-order valence-corrected chi connectivity index (χ3v) is 2.24. The molecule has 1 N–H and O–H groups in total. The fourth-order valence-electron chi connectivity index (χ4n) is 1.47. The number of halogens is 2. The first-order chi connectivity index (χ1) is 8.01. The van der Waals surface area contributed by atoms with Gasteiger partial charge in [0.25, 0.3) is 0 Å². The van der Waals surface area contributed by atoms with Crippen LogP contribution in [0.4, 0.5) is 8.78 Å². The van der Waals surface area contributed by atoms with Gasteiger partial charge in [0.05, 0.1) is 14.2 Å². The molecule has 0 unspecified atom stereocenters. The van der Waals surface area contributed by atoms with Gasteiger partial charge in [-0.15, -0.1) is 0 Å². The summed E-state index contributed by atoms with van der Waals surface area (Å²) in [5.74, 6) is -3.25. The molecule has 94 valence electrons. The maximum atomic E-state index is 13.5. The Kier molecular flexibility index (Phi) is 4.25. The summed E-state index contributed by atoms with van der Waals surface area (Å²) in [7, 11) is 2.57. The minimum atomic E-state index is -1.11. The standard InChI is InChI=1S/C11H12F2O4/c1-16-8-5-7(12)10(13)6(11(8)17-2)3-4-9(14)15/h5H,3-4H2,1-2H3,(H,14,15). The van der Waals surface area contributed by atoms with Crippen molar-refractivity contribution >= 4 is 5.97 Å². The Balaban J connectivity index is 3.22. The Morgan fingerprint density at radius 2 is 2.00 bits per heavy atom. The molecule has 1 rings (SSSR count). The molecule has 0 saturated carbocycles. The Bertz CT molecular complexity index is 432. The first kappa shape index (κ1) is 13.2. The molecule has 0 fully saturated rings. The smallest absolute Gasteiger partial charge is 0.303 e. The molecule has 17 heavy (non-hydrogen) atoms. The lowest BCUT2D eigenvalue weighted by molar-refractivity contribution is -0.136. The second-order valence-corrected chi connectivity index (χ2v) is 3.28. The minimum absolute atomic E-state index is 0.0210. The van der Waals surface area contributed by atoms with Crippen LogP contribution in [0.5, 0.6) is 11.5 Å². The van der Waals surface area contributed by atoms with Crippen LogP contribution in [0.1, 0.15) is 12.0 Å². The van der Waals surface area contributed by atoms with Gasteiger partial charge in [-0.3, -0.25) is 4.79 Å². The Labute approximate surface area is 96.8 Å². The van der Waals surface area contributed by atoms with Crippen LogP contribution in [0.25, 0.3) is 0 Å². The summed E-state index contributed by atoms with van der Waals surface area (Å²) in [5, 5.41) is 8.54. The van der Waals surface area contributed by atoms with E-state index in [0.29, 0.717) is 0 Å². The lowest BCUT2D eigenvalue weighted by Gasteiger charge is -2.13. The van der Waals surface area contributed by atoms with E-state index in [-0.39, 0.29) is 29.9 Å². The van der Waals surface area contributed by atoms with Gasteiger partial charge < -0.3 is 14.6 Å². The number of hydrogen-bond acceptors (Lipinski definition) is 3. The van der Waals surface area contributed by atoms with Crippen LogP contribution in [0.2, 0.25) is 0 Å². The fourth-order valence-corrected chi connectivity index (χ4v) is 1.47. The molecule has 0 amide bonds. The van der Waals surface area contributed by atoms with Gasteiger partial charge in [-0.05, 0) is 6.42 Å². The number of methoxy groups -OCH3 is 2. The highest BCUT2D eigenvalue weighted by molar-refractivity contribution is 5.67. The molecular formula is C11H12F2O4. The van der Waals surface area contributed by atoms with Gasteiger partial charge in [0.2, 0.25) is 0 Å². The third-order valence-electron chi connectivity index (χ3n) is 2.24. The summed E-state index contributed by atoms with van der Waals surface area (Å²) in [6.45, 7) is 0. The van der Waals surface area contributed by atoms with Gasteiger partial charge in [-0.25, -0.2) is 8.78 Å². The lowest BCUT2D eigenvalue weighted by atomic mass is 10.1. The molecule has 4 nitrogen and oxygen atoms in total. The van der Waals surface area contributed by atoms with Crippen molar-refractivity contribution in [3.63, 3.8) is 0 Å². The maximum absolute atomic E-state index is 13.5. The topological polar surface area (TPSA) is 55.8 Å². The summed E-state index contributed by atoms with van der Waals surface area (Å²) in [6, 6.07) is 0.860. The van der Waals surface area contributed by atoms with Crippen LogP contribution in [0, 0.1) is 11.6 Å². The number of carboxylic acid groups (broad SMARTS) is 1. The number of carbonyl (C=O) groups is 1. The van der Waals surface area contributed by atoms with Gasteiger partial charge in [0.1, 0.15) is 0 Å². The number of rotatable bonds is 5. The van der Waals surface area contributed by atoms with Crippen molar-refractivity contribution in [1.82, 2.24) is 0 Å². The van der Waals surface area contributed by atoms with Crippen LogP contribution in [0.15, 0.2) is 6.07 Å². The van der Waals surface area contributed by atoms with Crippen molar-refractivity contribution in [1.29, 1.82) is 0 Å². The van der Waals surface area contributed by atoms with Crippen LogP contribution >= 0.6 is 0 Å². The second kappa shape index (κ2) is 5.47. The van der Waals surface area contributed by atoms with Crippen molar-refractivity contribution in [3.05, 3.63) is 23.3 Å². The van der Waals surface area contributed by atoms with Crippen LogP contribution in [0.3, 0.4) is 0 Å². The van der Waals surface area contributed by atoms with Gasteiger partial charge in [-0.1, -0.05) is 0 Å². The van der Waals surface area contributed by atoms with E-state index in [9.17, 15) is 13.6 Å². The molecule has 0 saturated heterocycles. The minimum Gasteiger partial charge on any atom is -0.493 e. The van der Waals surface area contributed by atoms with Gasteiger partial charge >= 0.3 is 5.97 Å². The Morgan fingerprint density at radius 1 is 1.35 bits per heavy atom. The summed E-state index contributed by atoms with van der Waals surface area (Å²) in [4.78, 5) is 10.4. The molecule has 1 aromatic rings. The second-order valence-electron chi connectivity index (χ2n) is 3.28. The zero-order chi connectivity index (χ0) is 13.0. The van der Waals surface area contributed by atoms with E-state index in [1.54, 1.807) is 0 Å². The van der Waals surface area contributed by atoms with Gasteiger partial charge in [0, 0.05) is 18.1 Å². The molecular weight excluding hydrogens is 234 g/mol. The van der Waals surface area contributed by atoms with E-state index in [2.05, 4.69) is 0 Å².